The topological polar surface area (TPSA) is 85.3 Å². The first kappa shape index (κ1) is 20.5. The number of likely N-dealkylation sites (N-methyl/N-ethyl adjacent to an activating group) is 1. The van der Waals surface area contributed by atoms with Gasteiger partial charge >= 0.3 is 5.76 Å². The summed E-state index contributed by atoms with van der Waals surface area (Å²) in [5.41, 5.74) is 2.66. The molecule has 1 amide bonds. The van der Waals surface area contributed by atoms with Gasteiger partial charge in [0.25, 0.3) is 5.91 Å². The van der Waals surface area contributed by atoms with Gasteiger partial charge in [-0.1, -0.05) is 12.1 Å². The van der Waals surface area contributed by atoms with E-state index in [-0.39, 0.29) is 11.6 Å². The van der Waals surface area contributed by atoms with E-state index in [1.165, 1.54) is 21.5 Å². The van der Waals surface area contributed by atoms with E-state index >= 15 is 0 Å². The van der Waals surface area contributed by atoms with Crippen LogP contribution in [0.2, 0.25) is 0 Å². The van der Waals surface area contributed by atoms with E-state index in [0.717, 1.165) is 0 Å². The Morgan fingerprint density at radius 3 is 2.74 bits per heavy atom. The van der Waals surface area contributed by atoms with Gasteiger partial charge in [0, 0.05) is 18.8 Å². The van der Waals surface area contributed by atoms with Crippen LogP contribution in [0.5, 0.6) is 0 Å². The van der Waals surface area contributed by atoms with Crippen molar-refractivity contribution in [3.05, 3.63) is 76.3 Å². The van der Waals surface area contributed by atoms with Crippen molar-refractivity contribution in [2.75, 3.05) is 26.0 Å². The molecular weight excluding hydrogens is 401 g/mol. The molecule has 0 aliphatic rings. The molecule has 0 atom stereocenters. The van der Waals surface area contributed by atoms with E-state index in [9.17, 15) is 14.0 Å². The van der Waals surface area contributed by atoms with Crippen LogP contribution in [0, 0.1) is 12.7 Å². The molecule has 0 fully saturated rings. The van der Waals surface area contributed by atoms with Crippen molar-refractivity contribution in [1.82, 2.24) is 19.2 Å². The van der Waals surface area contributed by atoms with Crippen LogP contribution in [0.4, 0.5) is 10.1 Å². The van der Waals surface area contributed by atoms with Crippen LogP contribution >= 0.6 is 0 Å². The molecule has 2 aromatic heterocycles. The molecule has 31 heavy (non-hydrogen) atoms. The van der Waals surface area contributed by atoms with Gasteiger partial charge in [-0.3, -0.25) is 9.36 Å². The number of benzene rings is 2. The molecule has 0 saturated carbocycles. The molecule has 4 rings (SSSR count). The number of aromatic nitrogens is 3. The molecule has 0 bridgehead atoms. The third kappa shape index (κ3) is 3.99. The summed E-state index contributed by atoms with van der Waals surface area (Å²) >= 11 is 0. The van der Waals surface area contributed by atoms with Gasteiger partial charge in [0.1, 0.15) is 11.5 Å². The first-order chi connectivity index (χ1) is 14.8. The van der Waals surface area contributed by atoms with Crippen molar-refractivity contribution in [2.24, 2.45) is 0 Å². The average Bonchev–Trinajstić information content (AvgIpc) is 3.25. The molecule has 0 aliphatic carbocycles. The third-order valence-electron chi connectivity index (χ3n) is 5.03. The van der Waals surface area contributed by atoms with Crippen molar-refractivity contribution in [3.63, 3.8) is 0 Å². The first-order valence-electron chi connectivity index (χ1n) is 9.74. The minimum atomic E-state index is -0.442. The fourth-order valence-electron chi connectivity index (χ4n) is 3.35. The number of nitrogens with one attached hydrogen (secondary N) is 1. The van der Waals surface area contributed by atoms with Crippen molar-refractivity contribution in [2.45, 2.75) is 13.5 Å². The lowest BCUT2D eigenvalue weighted by atomic mass is 10.2. The SMILES string of the molecule is Cc1c(C(=O)Nc2ccc3oc(=O)n(CCN(C)C)c3c2)cnn1-c1ccccc1F. The van der Waals surface area contributed by atoms with Gasteiger partial charge in [-0.15, -0.1) is 0 Å². The number of oxazole rings is 1. The van der Waals surface area contributed by atoms with Gasteiger partial charge in [0.2, 0.25) is 0 Å². The molecule has 0 spiro atoms. The molecule has 0 saturated heterocycles. The molecule has 9 heteroatoms. The summed E-state index contributed by atoms with van der Waals surface area (Å²) < 4.78 is 22.3. The molecule has 8 nitrogen and oxygen atoms in total. The fourth-order valence-corrected chi connectivity index (χ4v) is 3.35. The maximum absolute atomic E-state index is 14.1. The predicted octanol–water partition coefficient (Wildman–Crippen LogP) is 3.04. The first-order valence-corrected chi connectivity index (χ1v) is 9.74. The van der Waals surface area contributed by atoms with Crippen molar-refractivity contribution in [3.8, 4) is 5.69 Å². The van der Waals surface area contributed by atoms with Crippen LogP contribution in [0.3, 0.4) is 0 Å². The highest BCUT2D eigenvalue weighted by Gasteiger charge is 2.18. The highest BCUT2D eigenvalue weighted by molar-refractivity contribution is 6.05. The van der Waals surface area contributed by atoms with Gasteiger partial charge in [-0.25, -0.2) is 13.9 Å². The van der Waals surface area contributed by atoms with Crippen molar-refractivity contribution < 1.29 is 13.6 Å². The monoisotopic (exact) mass is 423 g/mol. The Kier molecular flexibility index (Phi) is 5.43. The van der Waals surface area contributed by atoms with Crippen LogP contribution in [-0.4, -0.2) is 45.8 Å². The number of hydrogen-bond donors (Lipinski definition) is 1. The maximum Gasteiger partial charge on any atom is 0.419 e. The zero-order chi connectivity index (χ0) is 22.1. The second-order valence-electron chi connectivity index (χ2n) is 7.47. The van der Waals surface area contributed by atoms with Crippen molar-refractivity contribution in [1.29, 1.82) is 0 Å². The zero-order valence-electron chi connectivity index (χ0n) is 17.4. The molecule has 0 aliphatic heterocycles. The number of para-hydroxylation sites is 1. The number of nitrogens with zero attached hydrogens (tertiary/aromatic N) is 4. The van der Waals surface area contributed by atoms with E-state index in [2.05, 4.69) is 10.4 Å². The van der Waals surface area contributed by atoms with E-state index in [4.69, 9.17) is 4.42 Å². The Hall–Kier alpha value is -3.72. The number of carbonyl (C=O) groups is 1. The normalized spacial score (nSPS) is 11.4. The van der Waals surface area contributed by atoms with Crippen LogP contribution < -0.4 is 11.1 Å². The van der Waals surface area contributed by atoms with E-state index in [0.29, 0.717) is 41.1 Å². The van der Waals surface area contributed by atoms with Crippen molar-refractivity contribution >= 4 is 22.7 Å². The summed E-state index contributed by atoms with van der Waals surface area (Å²) in [6.07, 6.45) is 1.40. The quantitative estimate of drug-likeness (QED) is 0.515. The Morgan fingerprint density at radius 1 is 1.23 bits per heavy atom. The van der Waals surface area contributed by atoms with Crippen LogP contribution in [0.25, 0.3) is 16.8 Å². The maximum atomic E-state index is 14.1. The molecule has 0 unspecified atom stereocenters. The molecule has 2 aromatic carbocycles. The van der Waals surface area contributed by atoms with Gasteiger partial charge < -0.3 is 14.6 Å². The summed E-state index contributed by atoms with van der Waals surface area (Å²) in [5.74, 6) is -1.26. The highest BCUT2D eigenvalue weighted by atomic mass is 19.1. The number of halogens is 1. The average molecular weight is 423 g/mol. The zero-order valence-corrected chi connectivity index (χ0v) is 17.4. The van der Waals surface area contributed by atoms with Crippen LogP contribution in [0.1, 0.15) is 16.1 Å². The summed E-state index contributed by atoms with van der Waals surface area (Å²) in [5, 5.41) is 6.99. The molecule has 160 valence electrons. The van der Waals surface area contributed by atoms with E-state index in [1.807, 2.05) is 19.0 Å². The van der Waals surface area contributed by atoms with Gasteiger partial charge in [-0.2, -0.15) is 5.10 Å². The lowest BCUT2D eigenvalue weighted by Gasteiger charge is -2.10. The van der Waals surface area contributed by atoms with E-state index in [1.54, 1.807) is 43.3 Å². The summed E-state index contributed by atoms with van der Waals surface area (Å²) in [7, 11) is 3.84. The summed E-state index contributed by atoms with van der Waals surface area (Å²) in [4.78, 5) is 27.0. The minimum absolute atomic E-state index is 0.267. The second-order valence-corrected chi connectivity index (χ2v) is 7.47. The molecule has 4 aromatic rings. The Morgan fingerprint density at radius 2 is 2.00 bits per heavy atom. The van der Waals surface area contributed by atoms with Gasteiger partial charge in [0.15, 0.2) is 5.58 Å². The summed E-state index contributed by atoms with van der Waals surface area (Å²) in [6, 6.07) is 11.2. The number of anilines is 1. The number of carbonyl (C=O) groups excluding carboxylic acids is 1. The lowest BCUT2D eigenvalue weighted by Crippen LogP contribution is -2.23. The number of rotatable bonds is 6. The molecule has 2 heterocycles. The van der Waals surface area contributed by atoms with Crippen LogP contribution in [-0.2, 0) is 6.54 Å². The number of hydrogen-bond acceptors (Lipinski definition) is 5. The highest BCUT2D eigenvalue weighted by Crippen LogP contribution is 2.21. The Labute approximate surface area is 177 Å². The largest absolute Gasteiger partial charge is 0.419 e. The van der Waals surface area contributed by atoms with E-state index < -0.39 is 11.6 Å². The number of amides is 1. The molecule has 1 N–H and O–H groups in total. The predicted molar refractivity (Wildman–Crippen MR) is 115 cm³/mol. The second kappa shape index (κ2) is 8.19. The smallest absolute Gasteiger partial charge is 0.408 e. The third-order valence-corrected chi connectivity index (χ3v) is 5.03. The standard InChI is InChI=1S/C22H22FN5O3/c1-14-16(13-24-28(14)18-7-5-4-6-17(18)23)21(29)25-15-8-9-20-19(12-15)27(22(30)31-20)11-10-26(2)3/h4-9,12-13H,10-11H2,1-3H3,(H,25,29). The summed E-state index contributed by atoms with van der Waals surface area (Å²) in [6.45, 7) is 2.83. The van der Waals surface area contributed by atoms with Gasteiger partial charge in [0.05, 0.1) is 23.0 Å². The van der Waals surface area contributed by atoms with Gasteiger partial charge in [-0.05, 0) is 51.4 Å². The molecular formula is C22H22FN5O3. The fraction of sp³-hybridized carbons (Fsp3) is 0.227. The lowest BCUT2D eigenvalue weighted by molar-refractivity contribution is 0.102. The minimum Gasteiger partial charge on any atom is -0.408 e. The molecule has 0 radical (unpaired) electrons. The Balaban J connectivity index is 1.61. The Bertz CT molecular complexity index is 1320. The number of fused-ring (bicyclic) bond motifs is 1. The van der Waals surface area contributed by atoms with Crippen LogP contribution in [0.15, 0.2) is 57.9 Å².